The zero-order valence-corrected chi connectivity index (χ0v) is 19.3. The smallest absolute Gasteiger partial charge is 0.258 e. The fourth-order valence-corrected chi connectivity index (χ4v) is 3.77. The third kappa shape index (κ3) is 5.51. The number of ether oxygens (including phenoxy) is 1. The Kier molecular flexibility index (Phi) is 7.04. The molecule has 0 aliphatic rings. The fourth-order valence-electron chi connectivity index (χ4n) is 3.77. The monoisotopic (exact) mass is 450 g/mol. The summed E-state index contributed by atoms with van der Waals surface area (Å²) in [5.74, 6) is 0.432. The summed E-state index contributed by atoms with van der Waals surface area (Å²) in [4.78, 5) is 12.4. The number of nitriles is 1. The van der Waals surface area contributed by atoms with E-state index in [4.69, 9.17) is 10.00 Å². The van der Waals surface area contributed by atoms with Crippen molar-refractivity contribution in [1.29, 1.82) is 5.26 Å². The minimum atomic E-state index is -0.189. The first kappa shape index (κ1) is 22.8. The molecule has 0 spiro atoms. The summed E-state index contributed by atoms with van der Waals surface area (Å²) < 4.78 is 7.62. The van der Waals surface area contributed by atoms with Crippen molar-refractivity contribution in [2.45, 2.75) is 26.9 Å². The Labute approximate surface area is 199 Å². The molecule has 3 aromatic carbocycles. The molecule has 4 rings (SSSR count). The number of aryl methyl sites for hydroxylation is 1. The minimum Gasteiger partial charge on any atom is -0.484 e. The molecular formula is C28H26N4O2. The van der Waals surface area contributed by atoms with Gasteiger partial charge in [-0.1, -0.05) is 54.6 Å². The van der Waals surface area contributed by atoms with E-state index >= 15 is 0 Å². The van der Waals surface area contributed by atoms with Gasteiger partial charge in [0.15, 0.2) is 6.61 Å². The first-order chi connectivity index (χ1) is 16.5. The summed E-state index contributed by atoms with van der Waals surface area (Å²) >= 11 is 0. The molecule has 1 aromatic heterocycles. The Morgan fingerprint density at radius 3 is 2.26 bits per heavy atom. The Hall–Kier alpha value is -4.37. The number of carbonyl (C=O) groups excluding carboxylic acids is 1. The summed E-state index contributed by atoms with van der Waals surface area (Å²) in [6.07, 6.45) is 0. The van der Waals surface area contributed by atoms with Crippen molar-refractivity contribution in [3.63, 3.8) is 0 Å². The lowest BCUT2D eigenvalue weighted by Crippen LogP contribution is -2.28. The Bertz CT molecular complexity index is 1300. The molecule has 0 saturated heterocycles. The third-order valence-corrected chi connectivity index (χ3v) is 5.74. The molecule has 1 amide bonds. The molecule has 6 heteroatoms. The van der Waals surface area contributed by atoms with Gasteiger partial charge in [-0.15, -0.1) is 0 Å². The Balaban J connectivity index is 1.29. The van der Waals surface area contributed by atoms with Gasteiger partial charge in [0.1, 0.15) is 5.75 Å². The minimum absolute atomic E-state index is 0.0630. The van der Waals surface area contributed by atoms with E-state index in [2.05, 4.69) is 28.6 Å². The highest BCUT2D eigenvalue weighted by atomic mass is 16.5. The number of hydrogen-bond donors (Lipinski definition) is 1. The van der Waals surface area contributed by atoms with Gasteiger partial charge in [0.05, 0.1) is 23.9 Å². The molecule has 1 heterocycles. The maximum atomic E-state index is 12.4. The molecule has 0 unspecified atom stereocenters. The molecule has 0 fully saturated rings. The standard InChI is InChI=1S/C28H26N4O2/c1-20-27(21(2)32(31-20)18-23-6-4-3-5-7-23)17-30-28(33)19-34-26-14-12-25(13-15-26)24-10-8-22(16-29)9-11-24/h3-15H,17-19H2,1-2H3,(H,30,33). The highest BCUT2D eigenvalue weighted by Gasteiger charge is 2.13. The summed E-state index contributed by atoms with van der Waals surface area (Å²) in [5, 5.41) is 16.5. The van der Waals surface area contributed by atoms with Gasteiger partial charge >= 0.3 is 0 Å². The number of rotatable bonds is 8. The number of carbonyl (C=O) groups is 1. The highest BCUT2D eigenvalue weighted by molar-refractivity contribution is 5.77. The second kappa shape index (κ2) is 10.5. The molecule has 170 valence electrons. The third-order valence-electron chi connectivity index (χ3n) is 5.74. The zero-order chi connectivity index (χ0) is 23.9. The lowest BCUT2D eigenvalue weighted by atomic mass is 10.0. The number of nitrogens with zero attached hydrogens (tertiary/aromatic N) is 3. The normalized spacial score (nSPS) is 10.5. The average molecular weight is 451 g/mol. The molecule has 0 aliphatic heterocycles. The topological polar surface area (TPSA) is 79.9 Å². The first-order valence-electron chi connectivity index (χ1n) is 11.1. The van der Waals surface area contributed by atoms with E-state index in [1.807, 2.05) is 73.1 Å². The summed E-state index contributed by atoms with van der Waals surface area (Å²) in [6, 6.07) is 27.2. The van der Waals surface area contributed by atoms with Gasteiger partial charge < -0.3 is 10.1 Å². The predicted octanol–water partition coefficient (Wildman–Crippen LogP) is 4.78. The van der Waals surface area contributed by atoms with Crippen molar-refractivity contribution < 1.29 is 9.53 Å². The molecule has 34 heavy (non-hydrogen) atoms. The summed E-state index contributed by atoms with van der Waals surface area (Å²) in [5.41, 5.74) is 6.82. The van der Waals surface area contributed by atoms with E-state index < -0.39 is 0 Å². The Morgan fingerprint density at radius 2 is 1.62 bits per heavy atom. The van der Waals surface area contributed by atoms with Crippen molar-refractivity contribution in [2.75, 3.05) is 6.61 Å². The molecule has 0 saturated carbocycles. The molecule has 0 bridgehead atoms. The average Bonchev–Trinajstić information content (AvgIpc) is 3.14. The van der Waals surface area contributed by atoms with Gasteiger partial charge in [0.25, 0.3) is 5.91 Å². The maximum Gasteiger partial charge on any atom is 0.258 e. The lowest BCUT2D eigenvalue weighted by Gasteiger charge is -2.09. The van der Waals surface area contributed by atoms with E-state index in [0.717, 1.165) is 28.1 Å². The van der Waals surface area contributed by atoms with Gasteiger partial charge in [-0.25, -0.2) is 0 Å². The van der Waals surface area contributed by atoms with Gasteiger partial charge in [0.2, 0.25) is 0 Å². The van der Waals surface area contributed by atoms with E-state index in [9.17, 15) is 4.79 Å². The van der Waals surface area contributed by atoms with Crippen molar-refractivity contribution in [3.8, 4) is 22.9 Å². The van der Waals surface area contributed by atoms with Crippen LogP contribution >= 0.6 is 0 Å². The van der Waals surface area contributed by atoms with Crippen molar-refractivity contribution in [2.24, 2.45) is 0 Å². The van der Waals surface area contributed by atoms with Crippen molar-refractivity contribution >= 4 is 5.91 Å². The second-order valence-corrected chi connectivity index (χ2v) is 8.07. The van der Waals surface area contributed by atoms with Gasteiger partial charge in [-0.3, -0.25) is 9.48 Å². The van der Waals surface area contributed by atoms with Gasteiger partial charge in [0, 0.05) is 17.8 Å². The molecule has 0 radical (unpaired) electrons. The quantitative estimate of drug-likeness (QED) is 0.419. The van der Waals surface area contributed by atoms with Crippen LogP contribution in [0.15, 0.2) is 78.9 Å². The Morgan fingerprint density at radius 1 is 0.971 bits per heavy atom. The molecule has 4 aromatic rings. The maximum absolute atomic E-state index is 12.4. The fraction of sp³-hybridized carbons (Fsp3) is 0.179. The predicted molar refractivity (Wildman–Crippen MR) is 131 cm³/mol. The van der Waals surface area contributed by atoms with Crippen molar-refractivity contribution in [3.05, 3.63) is 107 Å². The van der Waals surface area contributed by atoms with Crippen LogP contribution in [0.5, 0.6) is 5.75 Å². The second-order valence-electron chi connectivity index (χ2n) is 8.07. The van der Waals surface area contributed by atoms with Gasteiger partial charge in [-0.05, 0) is 54.8 Å². The van der Waals surface area contributed by atoms with Crippen LogP contribution in [-0.4, -0.2) is 22.3 Å². The van der Waals surface area contributed by atoms with E-state index in [0.29, 0.717) is 24.4 Å². The molecule has 1 N–H and O–H groups in total. The van der Waals surface area contributed by atoms with Gasteiger partial charge in [-0.2, -0.15) is 10.4 Å². The summed E-state index contributed by atoms with van der Waals surface area (Å²) in [6.45, 7) is 5.03. The number of benzene rings is 3. The van der Waals surface area contributed by atoms with Crippen molar-refractivity contribution in [1.82, 2.24) is 15.1 Å². The molecule has 0 atom stereocenters. The SMILES string of the molecule is Cc1nn(Cc2ccccc2)c(C)c1CNC(=O)COc1ccc(-c2ccc(C#N)cc2)cc1. The lowest BCUT2D eigenvalue weighted by molar-refractivity contribution is -0.123. The number of hydrogen-bond acceptors (Lipinski definition) is 4. The van der Waals surface area contributed by atoms with Crippen LogP contribution in [0.2, 0.25) is 0 Å². The van der Waals surface area contributed by atoms with Crippen LogP contribution < -0.4 is 10.1 Å². The number of nitrogens with one attached hydrogen (secondary N) is 1. The zero-order valence-electron chi connectivity index (χ0n) is 19.3. The number of aromatic nitrogens is 2. The van der Waals surface area contributed by atoms with E-state index in [-0.39, 0.29) is 12.5 Å². The van der Waals surface area contributed by atoms with Crippen LogP contribution in [0, 0.1) is 25.2 Å². The van der Waals surface area contributed by atoms with E-state index in [1.165, 1.54) is 5.56 Å². The van der Waals surface area contributed by atoms with E-state index in [1.54, 1.807) is 12.1 Å². The molecular weight excluding hydrogens is 424 g/mol. The highest BCUT2D eigenvalue weighted by Crippen LogP contribution is 2.23. The molecule has 6 nitrogen and oxygen atoms in total. The van der Waals surface area contributed by atoms with Crippen LogP contribution in [0.4, 0.5) is 0 Å². The number of amides is 1. The molecule has 0 aliphatic carbocycles. The van der Waals surface area contributed by atoms with Crippen LogP contribution in [0.25, 0.3) is 11.1 Å². The summed E-state index contributed by atoms with van der Waals surface area (Å²) in [7, 11) is 0. The first-order valence-corrected chi connectivity index (χ1v) is 11.1. The van der Waals surface area contributed by atoms with Crippen LogP contribution in [-0.2, 0) is 17.9 Å². The van der Waals surface area contributed by atoms with Crippen LogP contribution in [0.3, 0.4) is 0 Å². The largest absolute Gasteiger partial charge is 0.484 e. The van der Waals surface area contributed by atoms with Crippen LogP contribution in [0.1, 0.15) is 28.1 Å².